The Bertz CT molecular complexity index is 176. The van der Waals surface area contributed by atoms with E-state index in [-0.39, 0.29) is 0 Å². The first-order chi connectivity index (χ1) is 6.20. The second-order valence-corrected chi connectivity index (χ2v) is 5.36. The Hall–Kier alpha value is 0.270. The lowest BCUT2D eigenvalue weighted by atomic mass is 9.73. The zero-order valence-corrected chi connectivity index (χ0v) is 9.39. The van der Waals surface area contributed by atoms with Gasteiger partial charge in [0.05, 0.1) is 0 Å². The molecule has 0 aromatic rings. The first-order valence-corrected chi connectivity index (χ1v) is 5.73. The summed E-state index contributed by atoms with van der Waals surface area (Å²) in [5.74, 6) is 0. The van der Waals surface area contributed by atoms with Gasteiger partial charge in [0, 0.05) is 19.6 Å². The summed E-state index contributed by atoms with van der Waals surface area (Å²) in [5.41, 5.74) is 0.645. The minimum absolute atomic E-state index is 0.645. The highest BCUT2D eigenvalue weighted by molar-refractivity contribution is 7.77. The van der Waals surface area contributed by atoms with Crippen molar-refractivity contribution in [1.29, 1.82) is 0 Å². The van der Waals surface area contributed by atoms with Crippen molar-refractivity contribution >= 4 is 12.8 Å². The van der Waals surface area contributed by atoms with Crippen molar-refractivity contribution in [1.82, 2.24) is 9.21 Å². The monoisotopic (exact) mass is 200 g/mol. The summed E-state index contributed by atoms with van der Waals surface area (Å²) < 4.78 is 2.17. The smallest absolute Gasteiger partial charge is 0.00927 e. The molecule has 0 N–H and O–H groups in total. The van der Waals surface area contributed by atoms with Gasteiger partial charge in [0.2, 0.25) is 0 Å². The largest absolute Gasteiger partial charge is 0.306 e. The minimum Gasteiger partial charge on any atom is -0.306 e. The van der Waals surface area contributed by atoms with Crippen LogP contribution in [0.1, 0.15) is 25.7 Å². The number of hydrogen-bond acceptors (Lipinski definition) is 3. The van der Waals surface area contributed by atoms with Crippen molar-refractivity contribution in [3.8, 4) is 0 Å². The van der Waals surface area contributed by atoms with Gasteiger partial charge in [0.1, 0.15) is 0 Å². The normalized spacial score (nSPS) is 30.9. The van der Waals surface area contributed by atoms with Crippen LogP contribution in [0.25, 0.3) is 0 Å². The molecule has 3 heteroatoms. The standard InChI is InChI=1S/C10H20N2S/c1-11-6-2-3-10(9-11)4-7-12(13)8-5-10/h13H,2-9H2,1H3. The first kappa shape index (κ1) is 9.81. The van der Waals surface area contributed by atoms with Gasteiger partial charge in [0.15, 0.2) is 0 Å². The van der Waals surface area contributed by atoms with E-state index in [1.54, 1.807) is 0 Å². The molecule has 2 heterocycles. The van der Waals surface area contributed by atoms with Crippen molar-refractivity contribution in [2.45, 2.75) is 25.7 Å². The highest BCUT2D eigenvalue weighted by atomic mass is 32.1. The van der Waals surface area contributed by atoms with Crippen LogP contribution < -0.4 is 0 Å². The van der Waals surface area contributed by atoms with Crippen LogP contribution in [0.15, 0.2) is 0 Å². The molecular formula is C10H20N2S. The summed E-state index contributed by atoms with van der Waals surface area (Å²) >= 11 is 4.41. The van der Waals surface area contributed by atoms with Gasteiger partial charge in [-0.05, 0) is 44.7 Å². The van der Waals surface area contributed by atoms with Gasteiger partial charge in [0.25, 0.3) is 0 Å². The quantitative estimate of drug-likeness (QED) is 0.594. The van der Waals surface area contributed by atoms with Crippen LogP contribution in [0.4, 0.5) is 0 Å². The SMILES string of the molecule is CN1CCCC2(CCN(S)CC2)C1. The molecule has 2 saturated heterocycles. The van der Waals surface area contributed by atoms with Crippen molar-refractivity contribution < 1.29 is 0 Å². The molecule has 2 nitrogen and oxygen atoms in total. The fourth-order valence-corrected chi connectivity index (χ4v) is 3.03. The fraction of sp³-hybridized carbons (Fsp3) is 1.00. The van der Waals surface area contributed by atoms with E-state index in [0.29, 0.717) is 5.41 Å². The Morgan fingerprint density at radius 3 is 2.38 bits per heavy atom. The summed E-state index contributed by atoms with van der Waals surface area (Å²) in [6, 6.07) is 0. The Kier molecular flexibility index (Phi) is 2.86. The molecule has 0 saturated carbocycles. The van der Waals surface area contributed by atoms with Gasteiger partial charge in [-0.1, -0.05) is 12.8 Å². The molecule has 0 aromatic heterocycles. The van der Waals surface area contributed by atoms with E-state index in [9.17, 15) is 0 Å². The summed E-state index contributed by atoms with van der Waals surface area (Å²) in [6.07, 6.45) is 5.53. The lowest BCUT2D eigenvalue weighted by molar-refractivity contribution is 0.0593. The highest BCUT2D eigenvalue weighted by Gasteiger charge is 2.36. The van der Waals surface area contributed by atoms with Gasteiger partial charge >= 0.3 is 0 Å². The van der Waals surface area contributed by atoms with Gasteiger partial charge in [-0.25, -0.2) is 0 Å². The summed E-state index contributed by atoms with van der Waals surface area (Å²) in [6.45, 7) is 4.97. The van der Waals surface area contributed by atoms with Gasteiger partial charge in [-0.3, -0.25) is 4.31 Å². The Morgan fingerprint density at radius 2 is 1.77 bits per heavy atom. The van der Waals surface area contributed by atoms with Crippen molar-refractivity contribution in [2.75, 3.05) is 33.2 Å². The van der Waals surface area contributed by atoms with Crippen molar-refractivity contribution in [3.63, 3.8) is 0 Å². The molecule has 2 fully saturated rings. The number of thiol groups is 1. The number of hydrogen-bond donors (Lipinski definition) is 1. The van der Waals surface area contributed by atoms with E-state index in [4.69, 9.17) is 0 Å². The third-order valence-electron chi connectivity index (χ3n) is 3.65. The zero-order valence-electron chi connectivity index (χ0n) is 8.50. The summed E-state index contributed by atoms with van der Waals surface area (Å²) in [7, 11) is 2.26. The number of likely N-dealkylation sites (tertiary alicyclic amines) is 1. The number of piperidine rings is 2. The van der Waals surface area contributed by atoms with Crippen LogP contribution in [0, 0.1) is 5.41 Å². The zero-order chi connectivity index (χ0) is 9.31. The molecule has 0 atom stereocenters. The predicted molar refractivity (Wildman–Crippen MR) is 59.0 cm³/mol. The maximum Gasteiger partial charge on any atom is 0.00927 e. The second-order valence-electron chi connectivity index (χ2n) is 4.79. The van der Waals surface area contributed by atoms with E-state index in [0.717, 1.165) is 0 Å². The molecule has 0 amide bonds. The molecule has 13 heavy (non-hydrogen) atoms. The van der Waals surface area contributed by atoms with Crippen LogP contribution >= 0.6 is 12.8 Å². The maximum absolute atomic E-state index is 4.41. The summed E-state index contributed by atoms with van der Waals surface area (Å²) in [4.78, 5) is 2.50. The molecule has 0 aromatic carbocycles. The maximum atomic E-state index is 4.41. The van der Waals surface area contributed by atoms with Crippen LogP contribution in [0.2, 0.25) is 0 Å². The third kappa shape index (κ3) is 2.20. The molecule has 0 aliphatic carbocycles. The Morgan fingerprint density at radius 1 is 1.08 bits per heavy atom. The molecule has 2 rings (SSSR count). The lowest BCUT2D eigenvalue weighted by Crippen LogP contribution is -2.46. The van der Waals surface area contributed by atoms with Crippen LogP contribution in [0.3, 0.4) is 0 Å². The lowest BCUT2D eigenvalue weighted by Gasteiger charge is -2.45. The van der Waals surface area contributed by atoms with Gasteiger partial charge in [-0.15, -0.1) is 0 Å². The molecule has 0 radical (unpaired) electrons. The average molecular weight is 200 g/mol. The average Bonchev–Trinajstić information content (AvgIpc) is 2.11. The third-order valence-corrected chi connectivity index (χ3v) is 4.05. The van der Waals surface area contributed by atoms with Crippen molar-refractivity contribution in [3.05, 3.63) is 0 Å². The van der Waals surface area contributed by atoms with Crippen molar-refractivity contribution in [2.24, 2.45) is 5.41 Å². The highest BCUT2D eigenvalue weighted by Crippen LogP contribution is 2.39. The molecule has 76 valence electrons. The molecule has 0 bridgehead atoms. The predicted octanol–water partition coefficient (Wildman–Crippen LogP) is 1.64. The van der Waals surface area contributed by atoms with E-state index in [2.05, 4.69) is 29.1 Å². The van der Waals surface area contributed by atoms with E-state index >= 15 is 0 Å². The second kappa shape index (κ2) is 3.79. The number of nitrogens with zero attached hydrogens (tertiary/aromatic N) is 2. The van der Waals surface area contributed by atoms with E-state index < -0.39 is 0 Å². The van der Waals surface area contributed by atoms with Crippen LogP contribution in [-0.2, 0) is 0 Å². The van der Waals surface area contributed by atoms with Crippen LogP contribution in [0.5, 0.6) is 0 Å². The Balaban J connectivity index is 1.95. The molecular weight excluding hydrogens is 180 g/mol. The molecule has 1 spiro atoms. The Labute approximate surface area is 86.8 Å². The summed E-state index contributed by atoms with van der Waals surface area (Å²) in [5, 5.41) is 0. The van der Waals surface area contributed by atoms with Crippen LogP contribution in [-0.4, -0.2) is 42.4 Å². The topological polar surface area (TPSA) is 6.48 Å². The molecule has 0 unspecified atom stereocenters. The van der Waals surface area contributed by atoms with Gasteiger partial charge in [-0.2, -0.15) is 0 Å². The van der Waals surface area contributed by atoms with E-state index in [1.165, 1.54) is 51.9 Å². The van der Waals surface area contributed by atoms with Gasteiger partial charge < -0.3 is 4.90 Å². The number of rotatable bonds is 0. The fourth-order valence-electron chi connectivity index (χ4n) is 2.83. The van der Waals surface area contributed by atoms with E-state index in [1.807, 2.05) is 0 Å². The minimum atomic E-state index is 0.645. The first-order valence-electron chi connectivity index (χ1n) is 5.33. The molecule has 2 aliphatic rings. The molecule has 2 aliphatic heterocycles.